The fourth-order valence-electron chi connectivity index (χ4n) is 2.49. The predicted molar refractivity (Wildman–Crippen MR) is 78.7 cm³/mol. The molecule has 2 N–H and O–H groups in total. The van der Waals surface area contributed by atoms with Gasteiger partial charge in [0.15, 0.2) is 0 Å². The lowest BCUT2D eigenvalue weighted by Gasteiger charge is -2.16. The summed E-state index contributed by atoms with van der Waals surface area (Å²) in [6.07, 6.45) is 5.16. The topological polar surface area (TPSA) is 75.6 Å². The van der Waals surface area contributed by atoms with Gasteiger partial charge in [0, 0.05) is 6.04 Å². The van der Waals surface area contributed by atoms with Crippen LogP contribution in [0, 0.1) is 5.92 Å². The molecule has 2 rings (SSSR count). The third-order valence-corrected chi connectivity index (χ3v) is 3.56. The molecule has 0 aliphatic heterocycles. The van der Waals surface area contributed by atoms with Crippen LogP contribution in [-0.2, 0) is 9.53 Å². The van der Waals surface area contributed by atoms with E-state index < -0.39 is 18.0 Å². The van der Waals surface area contributed by atoms with Crippen molar-refractivity contribution < 1.29 is 19.4 Å². The Morgan fingerprint density at radius 3 is 2.76 bits per heavy atom. The first-order valence-corrected chi connectivity index (χ1v) is 7.04. The van der Waals surface area contributed by atoms with E-state index in [0.29, 0.717) is 12.8 Å². The van der Waals surface area contributed by atoms with Gasteiger partial charge in [-0.1, -0.05) is 42.8 Å². The third-order valence-electron chi connectivity index (χ3n) is 3.56. The molecule has 1 aliphatic rings. The maximum atomic E-state index is 11.6. The van der Waals surface area contributed by atoms with Crippen molar-refractivity contribution in [3.8, 4) is 0 Å². The van der Waals surface area contributed by atoms with E-state index in [4.69, 9.17) is 9.84 Å². The van der Waals surface area contributed by atoms with Gasteiger partial charge in [0.05, 0.1) is 5.92 Å². The standard InChI is InChI=1S/C16H19NO4/c18-15(19)13-9-4-10-14(13)17-16(20)21-11-5-8-12-6-2-1-3-7-12/h1-3,5-8,13-14H,4,9-11H2,(H,17,20)(H,18,19)/b8-5+/t13-,14+/m1/s1. The van der Waals surface area contributed by atoms with E-state index in [9.17, 15) is 9.59 Å². The lowest BCUT2D eigenvalue weighted by atomic mass is 10.0. The van der Waals surface area contributed by atoms with Gasteiger partial charge in [0.2, 0.25) is 0 Å². The number of amides is 1. The number of alkyl carbamates (subject to hydrolysis) is 1. The van der Waals surface area contributed by atoms with Gasteiger partial charge in [-0.05, 0) is 24.5 Å². The van der Waals surface area contributed by atoms with Crippen molar-refractivity contribution in [2.75, 3.05) is 6.61 Å². The second-order valence-corrected chi connectivity index (χ2v) is 5.04. The first-order valence-electron chi connectivity index (χ1n) is 7.04. The number of hydrogen-bond acceptors (Lipinski definition) is 3. The van der Waals surface area contributed by atoms with E-state index in [-0.39, 0.29) is 12.6 Å². The fourth-order valence-corrected chi connectivity index (χ4v) is 2.49. The van der Waals surface area contributed by atoms with Gasteiger partial charge in [-0.25, -0.2) is 4.79 Å². The average Bonchev–Trinajstić information content (AvgIpc) is 2.93. The summed E-state index contributed by atoms with van der Waals surface area (Å²) in [4.78, 5) is 22.6. The number of rotatable bonds is 5. The van der Waals surface area contributed by atoms with Crippen molar-refractivity contribution in [3.63, 3.8) is 0 Å². The molecule has 5 heteroatoms. The summed E-state index contributed by atoms with van der Waals surface area (Å²) in [6.45, 7) is 0.158. The number of hydrogen-bond donors (Lipinski definition) is 2. The molecule has 0 bridgehead atoms. The maximum Gasteiger partial charge on any atom is 0.407 e. The van der Waals surface area contributed by atoms with Crippen LogP contribution in [0.2, 0.25) is 0 Å². The quantitative estimate of drug-likeness (QED) is 0.873. The Balaban J connectivity index is 1.73. The van der Waals surface area contributed by atoms with E-state index in [0.717, 1.165) is 12.0 Å². The zero-order valence-corrected chi connectivity index (χ0v) is 11.7. The number of carbonyl (C=O) groups is 2. The van der Waals surface area contributed by atoms with Crippen LogP contribution in [0.25, 0.3) is 6.08 Å². The third kappa shape index (κ3) is 4.63. The lowest BCUT2D eigenvalue weighted by molar-refractivity contribution is -0.142. The molecule has 0 heterocycles. The molecule has 1 fully saturated rings. The average molecular weight is 289 g/mol. The molecule has 0 radical (unpaired) electrons. The van der Waals surface area contributed by atoms with Gasteiger partial charge in [0.1, 0.15) is 6.61 Å². The van der Waals surface area contributed by atoms with Crippen molar-refractivity contribution >= 4 is 18.1 Å². The highest BCUT2D eigenvalue weighted by Crippen LogP contribution is 2.25. The van der Waals surface area contributed by atoms with Gasteiger partial charge in [-0.15, -0.1) is 0 Å². The summed E-state index contributed by atoms with van der Waals surface area (Å²) in [5, 5.41) is 11.7. The van der Waals surface area contributed by atoms with Gasteiger partial charge < -0.3 is 15.2 Å². The summed E-state index contributed by atoms with van der Waals surface area (Å²) in [5.41, 5.74) is 1.03. The Morgan fingerprint density at radius 2 is 2.05 bits per heavy atom. The summed E-state index contributed by atoms with van der Waals surface area (Å²) in [5.74, 6) is -1.36. The number of aliphatic carboxylic acids is 1. The largest absolute Gasteiger partial charge is 0.481 e. The minimum Gasteiger partial charge on any atom is -0.481 e. The maximum absolute atomic E-state index is 11.6. The molecule has 112 valence electrons. The Hall–Kier alpha value is -2.30. The molecule has 0 saturated heterocycles. The normalized spacial score (nSPS) is 21.3. The molecule has 2 atom stereocenters. The van der Waals surface area contributed by atoms with Crippen molar-refractivity contribution in [1.82, 2.24) is 5.32 Å². The van der Waals surface area contributed by atoms with Crippen LogP contribution in [0.5, 0.6) is 0 Å². The molecule has 1 aromatic rings. The van der Waals surface area contributed by atoms with E-state index in [1.165, 1.54) is 0 Å². The number of carboxylic acid groups (broad SMARTS) is 1. The number of ether oxygens (including phenoxy) is 1. The molecule has 1 amide bonds. The molecular weight excluding hydrogens is 270 g/mol. The molecule has 21 heavy (non-hydrogen) atoms. The molecule has 0 spiro atoms. The van der Waals surface area contributed by atoms with Crippen LogP contribution in [0.1, 0.15) is 24.8 Å². The SMILES string of the molecule is O=C(N[C@H]1CCC[C@H]1C(=O)O)OC/C=C/c1ccccc1. The van der Waals surface area contributed by atoms with E-state index in [2.05, 4.69) is 5.32 Å². The zero-order valence-electron chi connectivity index (χ0n) is 11.7. The highest BCUT2D eigenvalue weighted by atomic mass is 16.5. The molecule has 1 saturated carbocycles. The Kier molecular flexibility index (Phi) is 5.37. The number of carbonyl (C=O) groups excluding carboxylic acids is 1. The highest BCUT2D eigenvalue weighted by molar-refractivity contribution is 5.74. The number of nitrogens with one attached hydrogen (secondary N) is 1. The first-order chi connectivity index (χ1) is 10.2. The van der Waals surface area contributed by atoms with E-state index in [1.807, 2.05) is 36.4 Å². The Morgan fingerprint density at radius 1 is 1.29 bits per heavy atom. The van der Waals surface area contributed by atoms with Gasteiger partial charge in [0.25, 0.3) is 0 Å². The minimum atomic E-state index is -0.859. The monoisotopic (exact) mass is 289 g/mol. The van der Waals surface area contributed by atoms with Gasteiger partial charge in [-0.3, -0.25) is 4.79 Å². The zero-order chi connectivity index (χ0) is 15.1. The lowest BCUT2D eigenvalue weighted by Crippen LogP contribution is -2.40. The summed E-state index contributed by atoms with van der Waals surface area (Å²) >= 11 is 0. The van der Waals surface area contributed by atoms with Crippen molar-refractivity contribution in [2.24, 2.45) is 5.92 Å². The van der Waals surface area contributed by atoms with Crippen LogP contribution in [-0.4, -0.2) is 29.8 Å². The van der Waals surface area contributed by atoms with Crippen LogP contribution in [0.4, 0.5) is 4.79 Å². The summed E-state index contributed by atoms with van der Waals surface area (Å²) in [7, 11) is 0. The second-order valence-electron chi connectivity index (χ2n) is 5.04. The molecule has 5 nitrogen and oxygen atoms in total. The van der Waals surface area contributed by atoms with Crippen molar-refractivity contribution in [3.05, 3.63) is 42.0 Å². The van der Waals surface area contributed by atoms with Crippen LogP contribution < -0.4 is 5.32 Å². The van der Waals surface area contributed by atoms with Gasteiger partial charge >= 0.3 is 12.1 Å². The van der Waals surface area contributed by atoms with Crippen LogP contribution in [0.15, 0.2) is 36.4 Å². The second kappa shape index (κ2) is 7.47. The predicted octanol–water partition coefficient (Wildman–Crippen LogP) is 2.68. The van der Waals surface area contributed by atoms with Crippen LogP contribution >= 0.6 is 0 Å². The summed E-state index contributed by atoms with van der Waals surface area (Å²) in [6, 6.07) is 9.37. The molecule has 1 aliphatic carbocycles. The minimum absolute atomic E-state index is 0.158. The fraction of sp³-hybridized carbons (Fsp3) is 0.375. The Labute approximate surface area is 123 Å². The highest BCUT2D eigenvalue weighted by Gasteiger charge is 2.34. The van der Waals surface area contributed by atoms with Gasteiger partial charge in [-0.2, -0.15) is 0 Å². The number of carboxylic acids is 1. The van der Waals surface area contributed by atoms with E-state index in [1.54, 1.807) is 6.08 Å². The molecular formula is C16H19NO4. The first kappa shape index (κ1) is 15.1. The molecule has 1 aromatic carbocycles. The van der Waals surface area contributed by atoms with Crippen molar-refractivity contribution in [1.29, 1.82) is 0 Å². The molecule has 0 aromatic heterocycles. The Bertz CT molecular complexity index is 512. The van der Waals surface area contributed by atoms with Crippen molar-refractivity contribution in [2.45, 2.75) is 25.3 Å². The van der Waals surface area contributed by atoms with Crippen LogP contribution in [0.3, 0.4) is 0 Å². The number of benzene rings is 1. The molecule has 0 unspecified atom stereocenters. The van der Waals surface area contributed by atoms with E-state index >= 15 is 0 Å². The smallest absolute Gasteiger partial charge is 0.407 e. The summed E-state index contributed by atoms with van der Waals surface area (Å²) < 4.78 is 5.02.